The highest BCUT2D eigenvalue weighted by Crippen LogP contribution is 2.36. The Morgan fingerprint density at radius 1 is 1.19 bits per heavy atom. The predicted molar refractivity (Wildman–Crippen MR) is 95.3 cm³/mol. The summed E-state index contributed by atoms with van der Waals surface area (Å²) in [6.45, 7) is 8.08. The maximum atomic E-state index is 6.28. The molecule has 0 aromatic heterocycles. The number of hydrogen-bond acceptors (Lipinski definition) is 2. The zero-order chi connectivity index (χ0) is 15.2. The molecular formula is C18H28ClNS. The van der Waals surface area contributed by atoms with Crippen LogP contribution in [0.5, 0.6) is 0 Å². The summed E-state index contributed by atoms with van der Waals surface area (Å²) in [7, 11) is 0. The van der Waals surface area contributed by atoms with Crippen LogP contribution in [0.15, 0.2) is 29.2 Å². The van der Waals surface area contributed by atoms with Gasteiger partial charge in [0.1, 0.15) is 0 Å². The smallest absolute Gasteiger partial charge is 0.0541 e. The van der Waals surface area contributed by atoms with Crippen LogP contribution in [-0.4, -0.2) is 18.3 Å². The van der Waals surface area contributed by atoms with Crippen molar-refractivity contribution in [2.24, 2.45) is 17.8 Å². The van der Waals surface area contributed by atoms with E-state index in [2.05, 4.69) is 38.2 Å². The molecular weight excluding hydrogens is 298 g/mol. The summed E-state index contributed by atoms with van der Waals surface area (Å²) in [5, 5.41) is 4.60. The third-order valence-electron chi connectivity index (χ3n) is 4.51. The van der Waals surface area contributed by atoms with Crippen LogP contribution in [0.4, 0.5) is 0 Å². The van der Waals surface area contributed by atoms with Crippen molar-refractivity contribution in [2.45, 2.75) is 51.0 Å². The van der Waals surface area contributed by atoms with E-state index in [9.17, 15) is 0 Å². The van der Waals surface area contributed by atoms with Gasteiger partial charge in [-0.25, -0.2) is 0 Å². The zero-order valence-corrected chi connectivity index (χ0v) is 15.0. The Balaban J connectivity index is 1.97. The molecule has 1 aliphatic carbocycles. The molecule has 1 fully saturated rings. The van der Waals surface area contributed by atoms with E-state index in [4.69, 9.17) is 11.6 Å². The molecule has 118 valence electrons. The topological polar surface area (TPSA) is 12.0 Å². The third kappa shape index (κ3) is 5.19. The van der Waals surface area contributed by atoms with Gasteiger partial charge in [-0.15, -0.1) is 11.8 Å². The number of benzene rings is 1. The van der Waals surface area contributed by atoms with E-state index in [0.717, 1.165) is 35.1 Å². The Kier molecular flexibility index (Phi) is 6.91. The maximum absolute atomic E-state index is 6.28. The lowest BCUT2D eigenvalue weighted by Gasteiger charge is -2.37. The average Bonchev–Trinajstić information content (AvgIpc) is 2.44. The van der Waals surface area contributed by atoms with Crippen LogP contribution in [0, 0.1) is 17.8 Å². The average molecular weight is 326 g/mol. The van der Waals surface area contributed by atoms with Gasteiger partial charge in [0.2, 0.25) is 0 Å². The quantitative estimate of drug-likeness (QED) is 0.695. The summed E-state index contributed by atoms with van der Waals surface area (Å²) in [4.78, 5) is 1.21. The van der Waals surface area contributed by atoms with Crippen molar-refractivity contribution in [1.29, 1.82) is 0 Å². The van der Waals surface area contributed by atoms with E-state index in [1.165, 1.54) is 24.2 Å². The van der Waals surface area contributed by atoms with E-state index in [0.29, 0.717) is 6.04 Å². The third-order valence-corrected chi connectivity index (χ3v) is 6.14. The Morgan fingerprint density at radius 2 is 1.86 bits per heavy atom. The summed E-state index contributed by atoms with van der Waals surface area (Å²) in [5.41, 5.74) is 0. The molecule has 3 atom stereocenters. The SMILES string of the molecule is CCNC(CSc1ccccc1Cl)C1CC(C)CC(C)C1. The highest BCUT2D eigenvalue weighted by atomic mass is 35.5. The minimum absolute atomic E-state index is 0.599. The van der Waals surface area contributed by atoms with Crippen molar-refractivity contribution in [3.05, 3.63) is 29.3 Å². The highest BCUT2D eigenvalue weighted by molar-refractivity contribution is 7.99. The van der Waals surface area contributed by atoms with E-state index >= 15 is 0 Å². The molecule has 1 nitrogen and oxygen atoms in total. The van der Waals surface area contributed by atoms with Crippen molar-refractivity contribution in [3.8, 4) is 0 Å². The lowest BCUT2D eigenvalue weighted by Crippen LogP contribution is -2.41. The molecule has 3 unspecified atom stereocenters. The molecule has 1 aliphatic rings. The van der Waals surface area contributed by atoms with Gasteiger partial charge in [0.05, 0.1) is 5.02 Å². The van der Waals surface area contributed by atoms with E-state index in [1.54, 1.807) is 0 Å². The normalized spacial score (nSPS) is 27.5. The minimum Gasteiger partial charge on any atom is -0.313 e. The summed E-state index contributed by atoms with van der Waals surface area (Å²) < 4.78 is 0. The van der Waals surface area contributed by atoms with Crippen LogP contribution in [-0.2, 0) is 0 Å². The molecule has 0 bridgehead atoms. The van der Waals surface area contributed by atoms with Gasteiger partial charge in [0.25, 0.3) is 0 Å². The first-order chi connectivity index (χ1) is 10.1. The number of hydrogen-bond donors (Lipinski definition) is 1. The minimum atomic E-state index is 0.599. The van der Waals surface area contributed by atoms with Gasteiger partial charge in [0, 0.05) is 16.7 Å². The fourth-order valence-corrected chi connectivity index (χ4v) is 5.13. The standard InChI is InChI=1S/C18H28ClNS/c1-4-20-17(15-10-13(2)9-14(3)11-15)12-21-18-8-6-5-7-16(18)19/h5-8,13-15,17,20H,4,9-12H2,1-3H3. The van der Waals surface area contributed by atoms with E-state index < -0.39 is 0 Å². The van der Waals surface area contributed by atoms with Crippen LogP contribution in [0.2, 0.25) is 5.02 Å². The van der Waals surface area contributed by atoms with Gasteiger partial charge >= 0.3 is 0 Å². The summed E-state index contributed by atoms with van der Waals surface area (Å²) in [6.07, 6.45) is 4.13. The Hall–Kier alpha value is -0.180. The van der Waals surface area contributed by atoms with Crippen LogP contribution in [0.3, 0.4) is 0 Å². The van der Waals surface area contributed by atoms with Gasteiger partial charge in [-0.2, -0.15) is 0 Å². The maximum Gasteiger partial charge on any atom is 0.0541 e. The van der Waals surface area contributed by atoms with E-state index in [1.807, 2.05) is 23.9 Å². The fraction of sp³-hybridized carbons (Fsp3) is 0.667. The Labute approximate surface area is 139 Å². The Bertz CT molecular complexity index is 427. The fourth-order valence-electron chi connectivity index (χ4n) is 3.70. The summed E-state index contributed by atoms with van der Waals surface area (Å²) >= 11 is 8.17. The van der Waals surface area contributed by atoms with Crippen LogP contribution >= 0.6 is 23.4 Å². The van der Waals surface area contributed by atoms with Crippen LogP contribution in [0.25, 0.3) is 0 Å². The molecule has 1 aromatic carbocycles. The van der Waals surface area contributed by atoms with Crippen molar-refractivity contribution in [2.75, 3.05) is 12.3 Å². The van der Waals surface area contributed by atoms with Gasteiger partial charge in [-0.05, 0) is 55.7 Å². The molecule has 1 saturated carbocycles. The second kappa shape index (κ2) is 8.45. The van der Waals surface area contributed by atoms with E-state index in [-0.39, 0.29) is 0 Å². The predicted octanol–water partition coefficient (Wildman–Crippen LogP) is 5.48. The lowest BCUT2D eigenvalue weighted by atomic mass is 9.74. The number of thioether (sulfide) groups is 1. The molecule has 21 heavy (non-hydrogen) atoms. The molecule has 1 aromatic rings. The molecule has 0 spiro atoms. The molecule has 1 N–H and O–H groups in total. The van der Waals surface area contributed by atoms with Gasteiger partial charge in [-0.3, -0.25) is 0 Å². The monoisotopic (exact) mass is 325 g/mol. The highest BCUT2D eigenvalue weighted by Gasteiger charge is 2.29. The lowest BCUT2D eigenvalue weighted by molar-refractivity contribution is 0.185. The van der Waals surface area contributed by atoms with Crippen LogP contribution in [0.1, 0.15) is 40.0 Å². The van der Waals surface area contributed by atoms with Gasteiger partial charge in [0.15, 0.2) is 0 Å². The first-order valence-electron chi connectivity index (χ1n) is 8.20. The summed E-state index contributed by atoms with van der Waals surface area (Å²) in [6, 6.07) is 8.78. The van der Waals surface area contributed by atoms with Crippen molar-refractivity contribution in [1.82, 2.24) is 5.32 Å². The zero-order valence-electron chi connectivity index (χ0n) is 13.4. The molecule has 0 aliphatic heterocycles. The number of nitrogens with one attached hydrogen (secondary N) is 1. The number of rotatable bonds is 6. The second-order valence-corrected chi connectivity index (χ2v) is 8.05. The van der Waals surface area contributed by atoms with Crippen molar-refractivity contribution in [3.63, 3.8) is 0 Å². The Morgan fingerprint density at radius 3 is 2.48 bits per heavy atom. The van der Waals surface area contributed by atoms with Gasteiger partial charge in [-0.1, -0.05) is 44.5 Å². The molecule has 0 saturated heterocycles. The molecule has 0 radical (unpaired) electrons. The van der Waals surface area contributed by atoms with Crippen molar-refractivity contribution < 1.29 is 0 Å². The van der Waals surface area contributed by atoms with Crippen LogP contribution < -0.4 is 5.32 Å². The van der Waals surface area contributed by atoms with Gasteiger partial charge < -0.3 is 5.32 Å². The van der Waals surface area contributed by atoms with Crippen molar-refractivity contribution >= 4 is 23.4 Å². The number of halogens is 1. The molecule has 0 amide bonds. The molecule has 3 heteroatoms. The second-order valence-electron chi connectivity index (χ2n) is 6.58. The largest absolute Gasteiger partial charge is 0.313 e. The first-order valence-corrected chi connectivity index (χ1v) is 9.57. The molecule has 0 heterocycles. The first kappa shape index (κ1) is 17.2. The summed E-state index contributed by atoms with van der Waals surface area (Å²) in [5.74, 6) is 3.65. The molecule has 2 rings (SSSR count).